The molecule has 19 heavy (non-hydrogen) atoms. The van der Waals surface area contributed by atoms with Gasteiger partial charge in [0, 0.05) is 24.8 Å². The molecular formula is C13H16ClNO4. The minimum atomic E-state index is -0.471. The van der Waals surface area contributed by atoms with Crippen molar-refractivity contribution < 1.29 is 19.0 Å². The number of ether oxygens (including phenoxy) is 3. The zero-order valence-corrected chi connectivity index (χ0v) is 11.6. The maximum Gasteiger partial charge on any atom is 0.330 e. The van der Waals surface area contributed by atoms with E-state index in [0.29, 0.717) is 35.2 Å². The maximum atomic E-state index is 11.0. The highest BCUT2D eigenvalue weighted by Crippen LogP contribution is 2.29. The third kappa shape index (κ3) is 4.81. The van der Waals surface area contributed by atoms with Gasteiger partial charge >= 0.3 is 5.97 Å². The highest BCUT2D eigenvalue weighted by Gasteiger charge is 2.06. The zero-order chi connectivity index (χ0) is 14.3. The molecule has 0 heterocycles. The zero-order valence-electron chi connectivity index (χ0n) is 10.8. The molecule has 0 aliphatic carbocycles. The molecule has 0 unspecified atom stereocenters. The van der Waals surface area contributed by atoms with E-state index in [1.54, 1.807) is 19.2 Å². The van der Waals surface area contributed by atoms with E-state index in [-0.39, 0.29) is 0 Å². The van der Waals surface area contributed by atoms with Crippen molar-refractivity contribution in [2.24, 2.45) is 0 Å². The van der Waals surface area contributed by atoms with Crippen molar-refractivity contribution in [1.29, 1.82) is 0 Å². The number of nitrogens with two attached hydrogens (primary N) is 1. The summed E-state index contributed by atoms with van der Waals surface area (Å²) in [7, 11) is 2.89. The number of anilines is 1. The molecule has 0 saturated carbocycles. The monoisotopic (exact) mass is 285 g/mol. The van der Waals surface area contributed by atoms with Crippen molar-refractivity contribution in [3.05, 3.63) is 28.8 Å². The molecule has 2 N–H and O–H groups in total. The average Bonchev–Trinajstić information content (AvgIpc) is 2.40. The molecule has 0 aromatic heterocycles. The van der Waals surface area contributed by atoms with Gasteiger partial charge in [-0.05, 0) is 12.1 Å². The summed E-state index contributed by atoms with van der Waals surface area (Å²) in [6, 6.07) is 3.30. The van der Waals surface area contributed by atoms with Crippen LogP contribution in [-0.2, 0) is 14.3 Å². The molecule has 0 atom stereocenters. The number of methoxy groups -OCH3 is 2. The lowest BCUT2D eigenvalue weighted by molar-refractivity contribution is -0.134. The van der Waals surface area contributed by atoms with Gasteiger partial charge < -0.3 is 19.9 Å². The molecule has 6 heteroatoms. The van der Waals surface area contributed by atoms with Gasteiger partial charge in [-0.1, -0.05) is 11.6 Å². The summed E-state index contributed by atoms with van der Waals surface area (Å²) >= 11 is 5.99. The largest absolute Gasteiger partial charge is 0.491 e. The molecule has 0 aliphatic rings. The van der Waals surface area contributed by atoms with Crippen molar-refractivity contribution in [3.8, 4) is 5.75 Å². The summed E-state index contributed by atoms with van der Waals surface area (Å²) in [4.78, 5) is 11.0. The Morgan fingerprint density at radius 3 is 2.74 bits per heavy atom. The van der Waals surface area contributed by atoms with E-state index in [1.807, 2.05) is 0 Å². The average molecular weight is 286 g/mol. The Hall–Kier alpha value is -1.72. The van der Waals surface area contributed by atoms with Crippen molar-refractivity contribution in [3.63, 3.8) is 0 Å². The Kier molecular flexibility index (Phi) is 6.18. The third-order valence-corrected chi connectivity index (χ3v) is 2.60. The Morgan fingerprint density at radius 2 is 2.11 bits per heavy atom. The molecule has 104 valence electrons. The molecule has 0 bridgehead atoms. The SMILES string of the molecule is COCCOc1cc(Cl)c(N)c(C=CC(=O)OC)c1. The van der Waals surface area contributed by atoms with E-state index >= 15 is 0 Å². The molecule has 1 aromatic carbocycles. The number of rotatable bonds is 6. The lowest BCUT2D eigenvalue weighted by Crippen LogP contribution is -2.05. The molecular weight excluding hydrogens is 270 g/mol. The number of hydrogen-bond acceptors (Lipinski definition) is 5. The standard InChI is InChI=1S/C13H16ClNO4/c1-17-5-6-19-10-7-9(3-4-12(16)18-2)13(15)11(14)8-10/h3-4,7-8H,5-6,15H2,1-2H3. The maximum absolute atomic E-state index is 11.0. The molecule has 0 radical (unpaired) electrons. The minimum Gasteiger partial charge on any atom is -0.491 e. The van der Waals surface area contributed by atoms with E-state index in [0.717, 1.165) is 0 Å². The summed E-state index contributed by atoms with van der Waals surface area (Å²) in [5, 5.41) is 0.361. The van der Waals surface area contributed by atoms with Crippen LogP contribution in [0.1, 0.15) is 5.56 Å². The first-order valence-electron chi connectivity index (χ1n) is 5.55. The highest BCUT2D eigenvalue weighted by molar-refractivity contribution is 6.33. The van der Waals surface area contributed by atoms with Gasteiger partial charge in [0.05, 0.1) is 24.4 Å². The number of esters is 1. The molecule has 0 fully saturated rings. The number of nitrogen functional groups attached to an aromatic ring is 1. The fourth-order valence-electron chi connectivity index (χ4n) is 1.30. The second kappa shape index (κ2) is 7.66. The van der Waals surface area contributed by atoms with Crippen LogP contribution >= 0.6 is 11.6 Å². The summed E-state index contributed by atoms with van der Waals surface area (Å²) in [6.07, 6.45) is 2.79. The summed E-state index contributed by atoms with van der Waals surface area (Å²) in [6.45, 7) is 0.867. The van der Waals surface area contributed by atoms with Crippen LogP contribution in [0, 0.1) is 0 Å². The topological polar surface area (TPSA) is 70.8 Å². The van der Waals surface area contributed by atoms with Crippen LogP contribution in [0.3, 0.4) is 0 Å². The number of hydrogen-bond donors (Lipinski definition) is 1. The molecule has 0 aliphatic heterocycles. The Morgan fingerprint density at radius 1 is 1.37 bits per heavy atom. The number of halogens is 1. The summed E-state index contributed by atoms with van der Waals surface area (Å²) in [5.74, 6) is 0.0852. The summed E-state index contributed by atoms with van der Waals surface area (Å²) < 4.78 is 14.8. The van der Waals surface area contributed by atoms with E-state index in [4.69, 9.17) is 26.8 Å². The number of carbonyl (C=O) groups is 1. The molecule has 1 rings (SSSR count). The van der Waals surface area contributed by atoms with Crippen LogP contribution in [0.25, 0.3) is 6.08 Å². The first-order chi connectivity index (χ1) is 9.08. The van der Waals surface area contributed by atoms with E-state index in [9.17, 15) is 4.79 Å². The van der Waals surface area contributed by atoms with Gasteiger partial charge in [0.1, 0.15) is 12.4 Å². The van der Waals surface area contributed by atoms with Crippen molar-refractivity contribution in [2.45, 2.75) is 0 Å². The van der Waals surface area contributed by atoms with Gasteiger partial charge in [0.25, 0.3) is 0 Å². The van der Waals surface area contributed by atoms with Gasteiger partial charge in [-0.15, -0.1) is 0 Å². The summed E-state index contributed by atoms with van der Waals surface area (Å²) in [5.41, 5.74) is 6.78. The first-order valence-corrected chi connectivity index (χ1v) is 5.93. The molecule has 0 amide bonds. The van der Waals surface area contributed by atoms with Gasteiger partial charge in [-0.3, -0.25) is 0 Å². The van der Waals surface area contributed by atoms with Gasteiger partial charge in [0.15, 0.2) is 0 Å². The second-order valence-electron chi connectivity index (χ2n) is 3.61. The smallest absolute Gasteiger partial charge is 0.330 e. The molecule has 0 spiro atoms. The molecule has 5 nitrogen and oxygen atoms in total. The van der Waals surface area contributed by atoms with Crippen LogP contribution < -0.4 is 10.5 Å². The lowest BCUT2D eigenvalue weighted by atomic mass is 10.1. The number of carbonyl (C=O) groups excluding carboxylic acids is 1. The minimum absolute atomic E-state index is 0.361. The van der Waals surface area contributed by atoms with E-state index in [2.05, 4.69) is 4.74 Å². The van der Waals surface area contributed by atoms with Crippen LogP contribution in [-0.4, -0.2) is 33.4 Å². The molecule has 0 saturated heterocycles. The van der Waals surface area contributed by atoms with E-state index in [1.165, 1.54) is 19.3 Å². The van der Waals surface area contributed by atoms with Gasteiger partial charge in [0.2, 0.25) is 0 Å². The van der Waals surface area contributed by atoms with Crippen LogP contribution in [0.15, 0.2) is 18.2 Å². The van der Waals surface area contributed by atoms with Crippen molar-refractivity contribution in [1.82, 2.24) is 0 Å². The van der Waals surface area contributed by atoms with Crippen LogP contribution in [0.5, 0.6) is 5.75 Å². The predicted octanol–water partition coefficient (Wildman–Crippen LogP) is 2.13. The number of benzene rings is 1. The second-order valence-corrected chi connectivity index (χ2v) is 4.01. The Labute approximate surface area is 116 Å². The van der Waals surface area contributed by atoms with Crippen LogP contribution in [0.2, 0.25) is 5.02 Å². The van der Waals surface area contributed by atoms with Gasteiger partial charge in [-0.2, -0.15) is 0 Å². The third-order valence-electron chi connectivity index (χ3n) is 2.29. The van der Waals surface area contributed by atoms with Crippen molar-refractivity contribution in [2.75, 3.05) is 33.2 Å². The van der Waals surface area contributed by atoms with Crippen molar-refractivity contribution >= 4 is 29.3 Å². The predicted molar refractivity (Wildman–Crippen MR) is 74.3 cm³/mol. The fraction of sp³-hybridized carbons (Fsp3) is 0.308. The fourth-order valence-corrected chi connectivity index (χ4v) is 1.52. The van der Waals surface area contributed by atoms with Crippen LogP contribution in [0.4, 0.5) is 5.69 Å². The Bertz CT molecular complexity index is 474. The Balaban J connectivity index is 2.90. The first kappa shape index (κ1) is 15.3. The normalized spacial score (nSPS) is 10.7. The van der Waals surface area contributed by atoms with Gasteiger partial charge in [-0.25, -0.2) is 4.79 Å². The highest BCUT2D eigenvalue weighted by atomic mass is 35.5. The quantitative estimate of drug-likeness (QED) is 0.375. The molecule has 1 aromatic rings. The lowest BCUT2D eigenvalue weighted by Gasteiger charge is -2.09. The van der Waals surface area contributed by atoms with E-state index < -0.39 is 5.97 Å².